The maximum absolute atomic E-state index is 2.27. The van der Waals surface area contributed by atoms with Crippen LogP contribution >= 0.6 is 43.2 Å². The third kappa shape index (κ3) is 7.51. The molecule has 0 spiro atoms. The summed E-state index contributed by atoms with van der Waals surface area (Å²) in [7, 11) is 5.81. The predicted molar refractivity (Wildman–Crippen MR) is 60.9 cm³/mol. The molecule has 10 heavy (non-hydrogen) atoms. The molecule has 0 N–H and O–H groups in total. The smallest absolute Gasteiger partial charge is 0.0586 e. The monoisotopic (exact) mass is 214 g/mol. The minimum absolute atomic E-state index is 0.744. The molecule has 0 aromatic carbocycles. The van der Waals surface area contributed by atoms with E-state index in [0.29, 0.717) is 0 Å². The summed E-state index contributed by atoms with van der Waals surface area (Å²) in [6.07, 6.45) is 0. The van der Waals surface area contributed by atoms with E-state index >= 15 is 0 Å². The largest absolute Gasteiger partial charge is 0.147 e. The molecular weight excluding hydrogens is 200 g/mol. The van der Waals surface area contributed by atoms with Gasteiger partial charge in [0.25, 0.3) is 0 Å². The van der Waals surface area contributed by atoms with Crippen molar-refractivity contribution in [3.05, 3.63) is 0 Å². The summed E-state index contributed by atoms with van der Waals surface area (Å²) in [6.45, 7) is 6.66. The summed E-state index contributed by atoms with van der Waals surface area (Å²) in [6, 6.07) is 0. The van der Waals surface area contributed by atoms with E-state index in [1.165, 1.54) is 11.5 Å². The quantitative estimate of drug-likeness (QED) is 0.370. The van der Waals surface area contributed by atoms with Gasteiger partial charge in [-0.2, -0.15) is 0 Å². The van der Waals surface area contributed by atoms with Gasteiger partial charge in [-0.15, -0.1) is 11.8 Å². The highest BCUT2D eigenvalue weighted by atomic mass is 33.5. The first-order chi connectivity index (χ1) is 4.81. The molecule has 62 valence electrons. The highest BCUT2D eigenvalue weighted by Crippen LogP contribution is 2.40. The fourth-order valence-corrected chi connectivity index (χ4v) is 6.27. The Morgan fingerprint density at radius 2 is 1.90 bits per heavy atom. The van der Waals surface area contributed by atoms with E-state index < -0.39 is 0 Å². The lowest BCUT2D eigenvalue weighted by Crippen LogP contribution is -1.84. The maximum atomic E-state index is 2.27. The minimum atomic E-state index is 0.744. The van der Waals surface area contributed by atoms with Gasteiger partial charge in [0.05, 0.1) is 4.58 Å². The Morgan fingerprint density at radius 3 is 2.40 bits per heavy atom. The molecule has 0 rings (SSSR count). The zero-order chi connectivity index (χ0) is 7.82. The average Bonchev–Trinajstić information content (AvgIpc) is 1.89. The Hall–Kier alpha value is 1.40. The Balaban J connectivity index is 2.97. The summed E-state index contributed by atoms with van der Waals surface area (Å²) in [5.74, 6) is 2.44. The summed E-state index contributed by atoms with van der Waals surface area (Å²) in [5, 5.41) is 0. The zero-order valence-electron chi connectivity index (χ0n) is 6.62. The number of thioether (sulfide) groups is 1. The number of hydrogen-bond donors (Lipinski definition) is 0. The van der Waals surface area contributed by atoms with Gasteiger partial charge in [0.2, 0.25) is 0 Å². The van der Waals surface area contributed by atoms with Gasteiger partial charge < -0.3 is 0 Å². The van der Waals surface area contributed by atoms with Crippen LogP contribution in [0.2, 0.25) is 0 Å². The highest BCUT2D eigenvalue weighted by molar-refractivity contribution is 9.10. The number of rotatable bonds is 6. The van der Waals surface area contributed by atoms with Crippen LogP contribution in [0.1, 0.15) is 20.8 Å². The van der Waals surface area contributed by atoms with Gasteiger partial charge in [-0.25, -0.2) is 0 Å². The van der Waals surface area contributed by atoms with E-state index in [9.17, 15) is 0 Å². The summed E-state index contributed by atoms with van der Waals surface area (Å²) in [4.78, 5) is 0. The average molecular weight is 214 g/mol. The lowest BCUT2D eigenvalue weighted by molar-refractivity contribution is 1.40. The van der Waals surface area contributed by atoms with Crippen molar-refractivity contribution >= 4 is 43.2 Å². The first kappa shape index (κ1) is 11.4. The number of hydrogen-bond acceptors (Lipinski definition) is 4. The third-order valence-corrected chi connectivity index (χ3v) is 6.96. The van der Waals surface area contributed by atoms with Crippen LogP contribution < -0.4 is 0 Å². The molecule has 0 heterocycles. The molecule has 0 aliphatic rings. The van der Waals surface area contributed by atoms with Crippen molar-refractivity contribution in [3.63, 3.8) is 0 Å². The van der Waals surface area contributed by atoms with E-state index in [1.807, 2.05) is 43.2 Å². The Labute approximate surface area is 79.9 Å². The fraction of sp³-hybridized carbons (Fsp3) is 1.00. The summed E-state index contributed by atoms with van der Waals surface area (Å²) in [5.41, 5.74) is 0. The molecule has 0 saturated carbocycles. The molecular formula is C6H14S4. The minimum Gasteiger partial charge on any atom is -0.147 e. The molecule has 0 bridgehead atoms. The summed E-state index contributed by atoms with van der Waals surface area (Å²) >= 11 is 2.01. The molecule has 0 radical (unpaired) electrons. The molecule has 0 aromatic heterocycles. The van der Waals surface area contributed by atoms with Gasteiger partial charge >= 0.3 is 0 Å². The van der Waals surface area contributed by atoms with E-state index in [-0.39, 0.29) is 0 Å². The van der Waals surface area contributed by atoms with Crippen LogP contribution in [0.15, 0.2) is 0 Å². The summed E-state index contributed by atoms with van der Waals surface area (Å²) < 4.78 is 0.744. The van der Waals surface area contributed by atoms with Crippen molar-refractivity contribution in [2.24, 2.45) is 0 Å². The highest BCUT2D eigenvalue weighted by Gasteiger charge is 2.00. The van der Waals surface area contributed by atoms with Crippen LogP contribution in [0.4, 0.5) is 0 Å². The van der Waals surface area contributed by atoms with Crippen LogP contribution in [0.3, 0.4) is 0 Å². The molecule has 0 nitrogen and oxygen atoms in total. The van der Waals surface area contributed by atoms with Crippen molar-refractivity contribution < 1.29 is 0 Å². The lowest BCUT2D eigenvalue weighted by atomic mass is 10.9. The van der Waals surface area contributed by atoms with Gasteiger partial charge in [0.15, 0.2) is 0 Å². The standard InChI is InChI=1S/C6H14S4/c1-4-7-6(3)9-10-8-5-2/h6H,4-5H2,1-3H3. The van der Waals surface area contributed by atoms with Crippen molar-refractivity contribution in [1.29, 1.82) is 0 Å². The van der Waals surface area contributed by atoms with Gasteiger partial charge in [-0.05, 0) is 22.5 Å². The second-order valence-corrected chi connectivity index (χ2v) is 8.28. The van der Waals surface area contributed by atoms with Crippen molar-refractivity contribution in [2.45, 2.75) is 25.4 Å². The molecule has 0 aromatic rings. The van der Waals surface area contributed by atoms with Crippen LogP contribution in [-0.2, 0) is 0 Å². The van der Waals surface area contributed by atoms with Crippen molar-refractivity contribution in [3.8, 4) is 0 Å². The molecule has 1 atom stereocenters. The third-order valence-electron chi connectivity index (χ3n) is 0.742. The second-order valence-electron chi connectivity index (χ2n) is 1.59. The van der Waals surface area contributed by atoms with E-state index in [1.54, 1.807) is 0 Å². The Bertz CT molecular complexity index is 66.8. The Morgan fingerprint density at radius 1 is 1.20 bits per heavy atom. The van der Waals surface area contributed by atoms with Crippen LogP contribution in [0, 0.1) is 0 Å². The normalized spacial score (nSPS) is 13.5. The molecule has 4 heteroatoms. The topological polar surface area (TPSA) is 0 Å². The van der Waals surface area contributed by atoms with Crippen LogP contribution in [0.25, 0.3) is 0 Å². The van der Waals surface area contributed by atoms with E-state index in [0.717, 1.165) is 4.58 Å². The van der Waals surface area contributed by atoms with Crippen molar-refractivity contribution in [2.75, 3.05) is 11.5 Å². The molecule has 0 aliphatic heterocycles. The Kier molecular flexibility index (Phi) is 9.69. The van der Waals surface area contributed by atoms with Gasteiger partial charge in [0, 0.05) is 5.75 Å². The molecule has 0 amide bonds. The first-order valence-corrected chi connectivity index (χ1v) is 8.14. The van der Waals surface area contributed by atoms with Crippen LogP contribution in [-0.4, -0.2) is 16.1 Å². The van der Waals surface area contributed by atoms with E-state index in [2.05, 4.69) is 20.8 Å². The lowest BCUT2D eigenvalue weighted by Gasteiger charge is -2.06. The SMILES string of the molecule is CCSSSC(C)SCC. The molecule has 0 saturated heterocycles. The van der Waals surface area contributed by atoms with Crippen LogP contribution in [0.5, 0.6) is 0 Å². The maximum Gasteiger partial charge on any atom is 0.0586 e. The van der Waals surface area contributed by atoms with E-state index in [4.69, 9.17) is 0 Å². The first-order valence-electron chi connectivity index (χ1n) is 3.37. The molecule has 0 fully saturated rings. The molecule has 1 unspecified atom stereocenters. The van der Waals surface area contributed by atoms with Gasteiger partial charge in [-0.1, -0.05) is 35.4 Å². The second kappa shape index (κ2) is 8.50. The van der Waals surface area contributed by atoms with Gasteiger partial charge in [-0.3, -0.25) is 0 Å². The zero-order valence-corrected chi connectivity index (χ0v) is 9.89. The van der Waals surface area contributed by atoms with Crippen molar-refractivity contribution in [1.82, 2.24) is 0 Å². The molecule has 0 aliphatic carbocycles. The fourth-order valence-electron chi connectivity index (χ4n) is 0.394. The van der Waals surface area contributed by atoms with Gasteiger partial charge in [0.1, 0.15) is 0 Å². The predicted octanol–water partition coefficient (Wildman–Crippen LogP) is 4.14.